The molecule has 0 saturated heterocycles. The minimum atomic E-state index is -0.437. The van der Waals surface area contributed by atoms with E-state index in [1.54, 1.807) is 37.3 Å². The molecule has 0 aromatic heterocycles. The Balaban J connectivity index is 2.22. The van der Waals surface area contributed by atoms with Crippen molar-refractivity contribution in [2.75, 3.05) is 14.2 Å². The van der Waals surface area contributed by atoms with Gasteiger partial charge in [0.05, 0.1) is 19.9 Å². The first-order valence-electron chi connectivity index (χ1n) is 7.01. The minimum absolute atomic E-state index is 0.0259. The molecule has 1 amide bonds. The number of phenolic OH excluding ortho intramolecular Hbond substituents is 1. The number of nitrogens with zero attached hydrogens (tertiary/aromatic N) is 1. The molecule has 0 atom stereocenters. The molecule has 0 radical (unpaired) electrons. The molecule has 24 heavy (non-hydrogen) atoms. The molecule has 0 bridgehead atoms. The van der Waals surface area contributed by atoms with Crippen LogP contribution in [0, 0.1) is 0 Å². The fourth-order valence-corrected chi connectivity index (χ4v) is 2.17. The lowest BCUT2D eigenvalue weighted by atomic mass is 10.1. The van der Waals surface area contributed by atoms with Gasteiger partial charge in [0.1, 0.15) is 17.2 Å². The number of hydrazone groups is 1. The number of halogens is 1. The van der Waals surface area contributed by atoms with Gasteiger partial charge in [-0.05, 0) is 37.3 Å². The van der Waals surface area contributed by atoms with Crippen LogP contribution < -0.4 is 14.9 Å². The lowest BCUT2D eigenvalue weighted by Gasteiger charge is -2.08. The van der Waals surface area contributed by atoms with E-state index in [-0.39, 0.29) is 5.75 Å². The largest absolute Gasteiger partial charge is 0.507 e. The summed E-state index contributed by atoms with van der Waals surface area (Å²) in [5.74, 6) is 0.575. The summed E-state index contributed by atoms with van der Waals surface area (Å²) >= 11 is 5.91. The second kappa shape index (κ2) is 7.70. The number of hydrogen-bond acceptors (Lipinski definition) is 5. The van der Waals surface area contributed by atoms with Gasteiger partial charge < -0.3 is 14.6 Å². The van der Waals surface area contributed by atoms with Crippen LogP contribution in [0.3, 0.4) is 0 Å². The zero-order chi connectivity index (χ0) is 17.7. The average Bonchev–Trinajstić information content (AvgIpc) is 2.60. The van der Waals surface area contributed by atoms with Crippen molar-refractivity contribution in [3.63, 3.8) is 0 Å². The fourth-order valence-electron chi connectivity index (χ4n) is 2.00. The molecule has 0 spiro atoms. The van der Waals surface area contributed by atoms with Crippen LogP contribution in [0.4, 0.5) is 0 Å². The first-order valence-corrected chi connectivity index (χ1v) is 7.39. The van der Waals surface area contributed by atoms with E-state index in [9.17, 15) is 9.90 Å². The molecule has 7 heteroatoms. The standard InChI is InChI=1S/C17H17ClN2O4/c1-10(15-8-12(18)4-5-16(15)21)19-20-17(22)11-6-13(23-2)9-14(7-11)24-3/h4-9,21H,1-3H3,(H,20,22)/b19-10+. The highest BCUT2D eigenvalue weighted by molar-refractivity contribution is 6.31. The molecule has 0 aliphatic carbocycles. The molecule has 0 unspecified atom stereocenters. The third-order valence-electron chi connectivity index (χ3n) is 3.29. The van der Waals surface area contributed by atoms with Crippen LogP contribution in [0.2, 0.25) is 5.02 Å². The van der Waals surface area contributed by atoms with Crippen LogP contribution in [0.5, 0.6) is 17.2 Å². The van der Waals surface area contributed by atoms with Crippen molar-refractivity contribution >= 4 is 23.2 Å². The van der Waals surface area contributed by atoms with Gasteiger partial charge in [0.2, 0.25) is 0 Å². The number of carbonyl (C=O) groups excluding carboxylic acids is 1. The van der Waals surface area contributed by atoms with Gasteiger partial charge in [0.15, 0.2) is 0 Å². The Morgan fingerprint density at radius 3 is 2.33 bits per heavy atom. The van der Waals surface area contributed by atoms with Crippen molar-refractivity contribution in [1.29, 1.82) is 0 Å². The van der Waals surface area contributed by atoms with Crippen molar-refractivity contribution in [2.24, 2.45) is 5.10 Å². The van der Waals surface area contributed by atoms with Gasteiger partial charge in [-0.25, -0.2) is 5.43 Å². The number of carbonyl (C=O) groups is 1. The quantitative estimate of drug-likeness (QED) is 0.642. The number of amides is 1. The lowest BCUT2D eigenvalue weighted by Crippen LogP contribution is -2.19. The van der Waals surface area contributed by atoms with E-state index >= 15 is 0 Å². The predicted octanol–water partition coefficient (Wildman–Crippen LogP) is 3.22. The lowest BCUT2D eigenvalue weighted by molar-refractivity contribution is 0.0954. The van der Waals surface area contributed by atoms with Gasteiger partial charge in [0.25, 0.3) is 5.91 Å². The minimum Gasteiger partial charge on any atom is -0.507 e. The number of hydrogen-bond donors (Lipinski definition) is 2. The molecule has 0 fully saturated rings. The number of rotatable bonds is 5. The second-order valence-corrected chi connectivity index (χ2v) is 5.34. The molecule has 2 aromatic rings. The number of nitrogens with one attached hydrogen (secondary N) is 1. The van der Waals surface area contributed by atoms with Crippen LogP contribution in [0.25, 0.3) is 0 Å². The van der Waals surface area contributed by atoms with Crippen LogP contribution in [0.1, 0.15) is 22.8 Å². The molecule has 0 saturated carbocycles. The predicted molar refractivity (Wildman–Crippen MR) is 92.3 cm³/mol. The SMILES string of the molecule is COc1cc(OC)cc(C(=O)N/N=C(\C)c2cc(Cl)ccc2O)c1. The molecule has 6 nitrogen and oxygen atoms in total. The van der Waals surface area contributed by atoms with E-state index in [0.29, 0.717) is 33.4 Å². The van der Waals surface area contributed by atoms with Gasteiger partial charge in [-0.3, -0.25) is 4.79 Å². The van der Waals surface area contributed by atoms with Gasteiger partial charge in [0, 0.05) is 22.2 Å². The summed E-state index contributed by atoms with van der Waals surface area (Å²) in [6.07, 6.45) is 0. The number of benzene rings is 2. The summed E-state index contributed by atoms with van der Waals surface area (Å²) in [5, 5.41) is 14.3. The maximum Gasteiger partial charge on any atom is 0.271 e. The zero-order valence-electron chi connectivity index (χ0n) is 13.5. The highest BCUT2D eigenvalue weighted by atomic mass is 35.5. The van der Waals surface area contributed by atoms with Crippen molar-refractivity contribution < 1.29 is 19.4 Å². The molecular weight excluding hydrogens is 332 g/mol. The smallest absolute Gasteiger partial charge is 0.271 e. The van der Waals surface area contributed by atoms with Crippen molar-refractivity contribution in [2.45, 2.75) is 6.92 Å². The van der Waals surface area contributed by atoms with E-state index in [2.05, 4.69) is 10.5 Å². The van der Waals surface area contributed by atoms with E-state index in [4.69, 9.17) is 21.1 Å². The van der Waals surface area contributed by atoms with Crippen LogP contribution in [-0.2, 0) is 0 Å². The molecule has 126 valence electrons. The maximum atomic E-state index is 12.3. The van der Waals surface area contributed by atoms with Crippen molar-refractivity contribution in [3.05, 3.63) is 52.5 Å². The topological polar surface area (TPSA) is 80.2 Å². The van der Waals surface area contributed by atoms with E-state index in [1.807, 2.05) is 0 Å². The summed E-state index contributed by atoms with van der Waals surface area (Å²) in [6, 6.07) is 9.39. The van der Waals surface area contributed by atoms with E-state index in [1.165, 1.54) is 20.3 Å². The first kappa shape index (κ1) is 17.6. The molecule has 0 aliphatic rings. The third kappa shape index (κ3) is 4.17. The summed E-state index contributed by atoms with van der Waals surface area (Å²) in [5.41, 5.74) is 3.61. The van der Waals surface area contributed by atoms with Gasteiger partial charge in [-0.1, -0.05) is 11.6 Å². The highest BCUT2D eigenvalue weighted by Gasteiger charge is 2.11. The van der Waals surface area contributed by atoms with E-state index in [0.717, 1.165) is 0 Å². The van der Waals surface area contributed by atoms with Gasteiger partial charge in [-0.15, -0.1) is 0 Å². The van der Waals surface area contributed by atoms with Gasteiger partial charge >= 0.3 is 0 Å². The molecule has 2 rings (SSSR count). The number of aromatic hydroxyl groups is 1. The Morgan fingerprint density at radius 2 is 1.75 bits per heavy atom. The van der Waals surface area contributed by atoms with Crippen molar-refractivity contribution in [1.82, 2.24) is 5.43 Å². The summed E-state index contributed by atoms with van der Waals surface area (Å²) in [7, 11) is 3.00. The average molecular weight is 349 g/mol. The second-order valence-electron chi connectivity index (χ2n) is 4.90. The molecule has 2 aromatic carbocycles. The number of phenols is 1. The molecule has 0 aliphatic heterocycles. The Bertz CT molecular complexity index is 768. The van der Waals surface area contributed by atoms with Gasteiger partial charge in [-0.2, -0.15) is 5.10 Å². The third-order valence-corrected chi connectivity index (χ3v) is 3.52. The van der Waals surface area contributed by atoms with Crippen LogP contribution >= 0.6 is 11.6 Å². The number of methoxy groups -OCH3 is 2. The Morgan fingerprint density at radius 1 is 1.12 bits per heavy atom. The zero-order valence-corrected chi connectivity index (χ0v) is 14.2. The van der Waals surface area contributed by atoms with Crippen LogP contribution in [0.15, 0.2) is 41.5 Å². The first-order chi connectivity index (χ1) is 11.4. The molecule has 2 N–H and O–H groups in total. The maximum absolute atomic E-state index is 12.3. The normalized spacial score (nSPS) is 11.1. The molecular formula is C17H17ClN2O4. The van der Waals surface area contributed by atoms with Crippen LogP contribution in [-0.4, -0.2) is 30.9 Å². The Hall–Kier alpha value is -2.73. The summed E-state index contributed by atoms with van der Waals surface area (Å²) in [4.78, 5) is 12.3. The Labute approximate surface area is 144 Å². The fraction of sp³-hybridized carbons (Fsp3) is 0.176. The highest BCUT2D eigenvalue weighted by Crippen LogP contribution is 2.23. The monoisotopic (exact) mass is 348 g/mol. The summed E-state index contributed by atoms with van der Waals surface area (Å²) in [6.45, 7) is 1.65. The molecule has 0 heterocycles. The van der Waals surface area contributed by atoms with Crippen molar-refractivity contribution in [3.8, 4) is 17.2 Å². The number of ether oxygens (including phenoxy) is 2. The Kier molecular flexibility index (Phi) is 5.65. The summed E-state index contributed by atoms with van der Waals surface area (Å²) < 4.78 is 10.3. The van der Waals surface area contributed by atoms with E-state index < -0.39 is 5.91 Å².